The van der Waals surface area contributed by atoms with Crippen LogP contribution in [0.2, 0.25) is 0 Å². The lowest BCUT2D eigenvalue weighted by Gasteiger charge is -2.07. The molecule has 2 aromatic carbocycles. The summed E-state index contributed by atoms with van der Waals surface area (Å²) in [5.74, 6) is -0.0617. The average Bonchev–Trinajstić information content (AvgIpc) is 2.88. The van der Waals surface area contributed by atoms with Crippen LogP contribution in [0.25, 0.3) is 22.6 Å². The molecule has 102 valence electrons. The summed E-state index contributed by atoms with van der Waals surface area (Å²) in [6.45, 7) is 5.79. The van der Waals surface area contributed by atoms with Crippen LogP contribution in [0.15, 0.2) is 28.7 Å². The van der Waals surface area contributed by atoms with Gasteiger partial charge in [0.25, 0.3) is 0 Å². The number of nitrogens with zero attached hydrogens (tertiary/aromatic N) is 1. The third-order valence-electron chi connectivity index (χ3n) is 3.80. The van der Waals surface area contributed by atoms with Crippen LogP contribution in [-0.4, -0.2) is 4.98 Å². The van der Waals surface area contributed by atoms with E-state index in [0.717, 1.165) is 22.2 Å². The summed E-state index contributed by atoms with van der Waals surface area (Å²) in [5.41, 5.74) is 11.3. The predicted molar refractivity (Wildman–Crippen MR) is 78.0 cm³/mol. The van der Waals surface area contributed by atoms with Crippen molar-refractivity contribution in [2.24, 2.45) is 0 Å². The molecule has 1 heterocycles. The van der Waals surface area contributed by atoms with Gasteiger partial charge in [0, 0.05) is 11.3 Å². The topological polar surface area (TPSA) is 52.0 Å². The highest BCUT2D eigenvalue weighted by molar-refractivity contribution is 5.88. The number of halogens is 1. The molecule has 0 aliphatic carbocycles. The molecule has 2 N–H and O–H groups in total. The van der Waals surface area contributed by atoms with E-state index in [1.54, 1.807) is 18.2 Å². The Morgan fingerprint density at radius 1 is 1.05 bits per heavy atom. The van der Waals surface area contributed by atoms with E-state index in [9.17, 15) is 4.39 Å². The largest absolute Gasteiger partial charge is 0.436 e. The lowest BCUT2D eigenvalue weighted by atomic mass is 10.0. The first-order valence-corrected chi connectivity index (χ1v) is 6.41. The average molecular weight is 270 g/mol. The first-order valence-electron chi connectivity index (χ1n) is 6.41. The van der Waals surface area contributed by atoms with E-state index in [0.29, 0.717) is 16.8 Å². The molecule has 0 aliphatic rings. The number of fused-ring (bicyclic) bond motifs is 1. The minimum atomic E-state index is -0.348. The van der Waals surface area contributed by atoms with Crippen LogP contribution in [0.4, 0.5) is 10.1 Å². The third-order valence-corrected chi connectivity index (χ3v) is 3.80. The van der Waals surface area contributed by atoms with Crippen LogP contribution in [0.5, 0.6) is 0 Å². The van der Waals surface area contributed by atoms with E-state index in [-0.39, 0.29) is 11.7 Å². The number of aryl methyl sites for hydroxylation is 2. The first-order chi connectivity index (χ1) is 9.50. The molecule has 0 spiro atoms. The van der Waals surface area contributed by atoms with Crippen molar-refractivity contribution in [3.63, 3.8) is 0 Å². The Bertz CT molecular complexity index is 776. The van der Waals surface area contributed by atoms with Gasteiger partial charge in [0.2, 0.25) is 5.89 Å². The second kappa shape index (κ2) is 4.34. The lowest BCUT2D eigenvalue weighted by molar-refractivity contribution is 0.592. The summed E-state index contributed by atoms with van der Waals surface area (Å²) < 4.78 is 19.6. The fourth-order valence-corrected chi connectivity index (χ4v) is 2.36. The van der Waals surface area contributed by atoms with Crippen molar-refractivity contribution in [1.82, 2.24) is 4.98 Å². The fraction of sp³-hybridized carbons (Fsp3) is 0.188. The Morgan fingerprint density at radius 3 is 2.45 bits per heavy atom. The van der Waals surface area contributed by atoms with E-state index in [2.05, 4.69) is 4.98 Å². The highest BCUT2D eigenvalue weighted by Crippen LogP contribution is 2.34. The molecular formula is C16H15FN2O. The van der Waals surface area contributed by atoms with E-state index < -0.39 is 0 Å². The zero-order valence-electron chi connectivity index (χ0n) is 11.6. The van der Waals surface area contributed by atoms with Gasteiger partial charge < -0.3 is 10.2 Å². The van der Waals surface area contributed by atoms with Crippen molar-refractivity contribution in [3.8, 4) is 11.5 Å². The van der Waals surface area contributed by atoms with Crippen LogP contribution in [-0.2, 0) is 0 Å². The zero-order valence-corrected chi connectivity index (χ0v) is 11.6. The number of hydrogen-bond acceptors (Lipinski definition) is 3. The predicted octanol–water partition coefficient (Wildman–Crippen LogP) is 4.14. The molecule has 0 saturated heterocycles. The Kier molecular flexibility index (Phi) is 2.74. The number of rotatable bonds is 1. The van der Waals surface area contributed by atoms with Gasteiger partial charge in [-0.25, -0.2) is 9.37 Å². The third kappa shape index (κ3) is 1.68. The SMILES string of the molecule is Cc1c(N)c(C)c2oc(-c3ccccc3F)nc2c1C. The Hall–Kier alpha value is -2.36. The van der Waals surface area contributed by atoms with Crippen molar-refractivity contribution in [1.29, 1.82) is 0 Å². The molecule has 0 unspecified atom stereocenters. The molecule has 20 heavy (non-hydrogen) atoms. The van der Waals surface area contributed by atoms with Crippen molar-refractivity contribution in [2.75, 3.05) is 5.73 Å². The van der Waals surface area contributed by atoms with Gasteiger partial charge in [0.15, 0.2) is 5.58 Å². The van der Waals surface area contributed by atoms with Gasteiger partial charge in [-0.15, -0.1) is 0 Å². The number of anilines is 1. The molecule has 0 fully saturated rings. The van der Waals surface area contributed by atoms with E-state index in [1.807, 2.05) is 20.8 Å². The molecular weight excluding hydrogens is 255 g/mol. The number of nitrogens with two attached hydrogens (primary N) is 1. The van der Waals surface area contributed by atoms with Crippen molar-refractivity contribution >= 4 is 16.8 Å². The maximum atomic E-state index is 13.8. The minimum Gasteiger partial charge on any atom is -0.436 e. The maximum absolute atomic E-state index is 13.8. The fourth-order valence-electron chi connectivity index (χ4n) is 2.36. The van der Waals surface area contributed by atoms with Crippen LogP contribution < -0.4 is 5.73 Å². The Balaban J connectivity index is 2.35. The standard InChI is InChI=1S/C16H15FN2O/c1-8-9(2)14-15(10(3)13(8)18)20-16(19-14)11-6-4-5-7-12(11)17/h4-7H,18H2,1-3H3. The molecule has 1 aromatic heterocycles. The molecule has 0 saturated carbocycles. The van der Waals surface area contributed by atoms with Crippen LogP contribution in [0.1, 0.15) is 16.7 Å². The normalized spacial score (nSPS) is 11.2. The molecule has 0 amide bonds. The van der Waals surface area contributed by atoms with Crippen molar-refractivity contribution < 1.29 is 8.81 Å². The number of nitrogen functional groups attached to an aromatic ring is 1. The van der Waals surface area contributed by atoms with Gasteiger partial charge >= 0.3 is 0 Å². The first kappa shape index (κ1) is 12.7. The molecule has 3 nitrogen and oxygen atoms in total. The second-order valence-electron chi connectivity index (χ2n) is 4.97. The number of oxazole rings is 1. The zero-order chi connectivity index (χ0) is 14.4. The molecule has 3 aromatic rings. The highest BCUT2D eigenvalue weighted by Gasteiger charge is 2.18. The maximum Gasteiger partial charge on any atom is 0.230 e. The molecule has 0 radical (unpaired) electrons. The molecule has 3 rings (SSSR count). The molecule has 4 heteroatoms. The number of benzene rings is 2. The van der Waals surface area contributed by atoms with Gasteiger partial charge in [-0.05, 0) is 44.0 Å². The highest BCUT2D eigenvalue weighted by atomic mass is 19.1. The Morgan fingerprint density at radius 2 is 1.75 bits per heavy atom. The molecule has 0 bridgehead atoms. The van der Waals surface area contributed by atoms with Gasteiger partial charge in [-0.1, -0.05) is 12.1 Å². The summed E-state index contributed by atoms with van der Waals surface area (Å²) >= 11 is 0. The van der Waals surface area contributed by atoms with Crippen LogP contribution in [0.3, 0.4) is 0 Å². The van der Waals surface area contributed by atoms with Gasteiger partial charge in [-0.3, -0.25) is 0 Å². The van der Waals surface area contributed by atoms with E-state index in [4.69, 9.17) is 10.2 Å². The van der Waals surface area contributed by atoms with E-state index >= 15 is 0 Å². The van der Waals surface area contributed by atoms with Gasteiger partial charge in [0.05, 0.1) is 5.56 Å². The lowest BCUT2D eigenvalue weighted by Crippen LogP contribution is -1.97. The van der Waals surface area contributed by atoms with Gasteiger partial charge in [0.1, 0.15) is 11.3 Å². The van der Waals surface area contributed by atoms with Crippen molar-refractivity contribution in [2.45, 2.75) is 20.8 Å². The summed E-state index contributed by atoms with van der Waals surface area (Å²) in [7, 11) is 0. The number of aromatic nitrogens is 1. The van der Waals surface area contributed by atoms with Gasteiger partial charge in [-0.2, -0.15) is 0 Å². The summed E-state index contributed by atoms with van der Waals surface area (Å²) in [4.78, 5) is 4.44. The summed E-state index contributed by atoms with van der Waals surface area (Å²) in [6, 6.07) is 6.44. The summed E-state index contributed by atoms with van der Waals surface area (Å²) in [6.07, 6.45) is 0. The van der Waals surface area contributed by atoms with Crippen molar-refractivity contribution in [3.05, 3.63) is 46.8 Å². The summed E-state index contributed by atoms with van der Waals surface area (Å²) in [5, 5.41) is 0. The quantitative estimate of drug-likeness (QED) is 0.676. The van der Waals surface area contributed by atoms with Crippen LogP contribution in [0, 0.1) is 26.6 Å². The second-order valence-corrected chi connectivity index (χ2v) is 4.97. The van der Waals surface area contributed by atoms with Crippen LogP contribution >= 0.6 is 0 Å². The molecule has 0 atom stereocenters. The smallest absolute Gasteiger partial charge is 0.230 e. The number of hydrogen-bond donors (Lipinski definition) is 1. The van der Waals surface area contributed by atoms with E-state index in [1.165, 1.54) is 6.07 Å². The molecule has 0 aliphatic heterocycles. The monoisotopic (exact) mass is 270 g/mol. The minimum absolute atomic E-state index is 0.286. The Labute approximate surface area is 116 Å².